The fraction of sp³-hybridized carbons (Fsp3) is 0.762. The molecule has 2 aliphatic rings. The summed E-state index contributed by atoms with van der Waals surface area (Å²) >= 11 is 1.35. The normalized spacial score (nSPS) is 21.3. The lowest BCUT2D eigenvalue weighted by molar-refractivity contribution is -0.141. The van der Waals surface area contributed by atoms with Crippen molar-refractivity contribution in [2.75, 3.05) is 58.5 Å². The molecule has 0 aliphatic carbocycles. The minimum Gasteiger partial charge on any atom is -0.377 e. The second-order valence-corrected chi connectivity index (χ2v) is 9.04. The molecule has 2 heterocycles. The Kier molecular flexibility index (Phi) is 11.3. The molecule has 0 spiro atoms. The van der Waals surface area contributed by atoms with Crippen molar-refractivity contribution in [2.24, 2.45) is 5.92 Å². The van der Waals surface area contributed by atoms with Crippen LogP contribution in [0.25, 0.3) is 0 Å². The maximum atomic E-state index is 12.3. The number of rotatable bonds is 16. The van der Waals surface area contributed by atoms with Gasteiger partial charge >= 0.3 is 0 Å². The molecular weight excluding hydrogens is 440 g/mol. The van der Waals surface area contributed by atoms with E-state index in [9.17, 15) is 24.0 Å². The Morgan fingerprint density at radius 3 is 1.84 bits per heavy atom. The van der Waals surface area contributed by atoms with E-state index in [-0.39, 0.29) is 74.5 Å². The fourth-order valence-electron chi connectivity index (χ4n) is 3.30. The summed E-state index contributed by atoms with van der Waals surface area (Å²) in [5.74, 6) is -0.362. The lowest BCUT2D eigenvalue weighted by Crippen LogP contribution is -2.34. The molecule has 2 rings (SSSR count). The van der Waals surface area contributed by atoms with Gasteiger partial charge in [-0.05, 0) is 6.92 Å². The van der Waals surface area contributed by atoms with Crippen molar-refractivity contribution < 1.29 is 38.2 Å². The largest absolute Gasteiger partial charge is 0.377 e. The highest BCUT2D eigenvalue weighted by molar-refractivity contribution is 8.00. The van der Waals surface area contributed by atoms with Gasteiger partial charge in [-0.25, -0.2) is 0 Å². The third-order valence-electron chi connectivity index (χ3n) is 5.11. The van der Waals surface area contributed by atoms with Crippen molar-refractivity contribution in [1.82, 2.24) is 9.80 Å². The number of ether oxygens (including phenoxy) is 3. The van der Waals surface area contributed by atoms with Gasteiger partial charge < -0.3 is 14.2 Å². The molecule has 0 aromatic carbocycles. The molecular formula is C21H32N2O8S. The van der Waals surface area contributed by atoms with Gasteiger partial charge in [0.1, 0.15) is 5.78 Å². The summed E-state index contributed by atoms with van der Waals surface area (Å²) in [5, 5.41) is -0.407. The van der Waals surface area contributed by atoms with E-state index in [1.54, 1.807) is 6.92 Å². The molecule has 2 fully saturated rings. The number of Topliss-reactive ketones (excluding diaryl/α,β-unsaturated/α-hetero) is 1. The molecule has 2 saturated heterocycles. The Morgan fingerprint density at radius 2 is 1.34 bits per heavy atom. The number of nitrogens with zero attached hydrogens (tertiary/aromatic N) is 2. The summed E-state index contributed by atoms with van der Waals surface area (Å²) in [6, 6.07) is 0. The van der Waals surface area contributed by atoms with E-state index in [2.05, 4.69) is 0 Å². The van der Waals surface area contributed by atoms with Crippen molar-refractivity contribution in [1.29, 1.82) is 0 Å². The Balaban J connectivity index is 1.44. The van der Waals surface area contributed by atoms with Gasteiger partial charge in [-0.2, -0.15) is 0 Å². The van der Waals surface area contributed by atoms with Gasteiger partial charge in [0, 0.05) is 30.9 Å². The average molecular weight is 473 g/mol. The quantitative estimate of drug-likeness (QED) is 0.230. The molecule has 180 valence electrons. The lowest BCUT2D eigenvalue weighted by atomic mass is 10.1. The van der Waals surface area contributed by atoms with E-state index in [1.165, 1.54) is 28.5 Å². The number of thioether (sulfide) groups is 1. The molecule has 0 radical (unpaired) electrons. The van der Waals surface area contributed by atoms with Crippen LogP contribution in [0.15, 0.2) is 0 Å². The first-order valence-corrected chi connectivity index (χ1v) is 11.9. The predicted molar refractivity (Wildman–Crippen MR) is 116 cm³/mol. The topological polar surface area (TPSA) is 120 Å². The minimum absolute atomic E-state index is 0.0676. The van der Waals surface area contributed by atoms with Gasteiger partial charge in [0.05, 0.1) is 58.0 Å². The zero-order chi connectivity index (χ0) is 23.5. The zero-order valence-corrected chi connectivity index (χ0v) is 19.5. The van der Waals surface area contributed by atoms with Crippen LogP contribution in [-0.4, -0.2) is 103 Å². The smallest absolute Gasteiger partial charge is 0.242 e. The van der Waals surface area contributed by atoms with Gasteiger partial charge in [0.2, 0.25) is 23.6 Å². The number of hydrogen-bond donors (Lipinski definition) is 0. The van der Waals surface area contributed by atoms with E-state index in [0.29, 0.717) is 38.6 Å². The number of imide groups is 2. The van der Waals surface area contributed by atoms with Crippen LogP contribution in [0.1, 0.15) is 33.1 Å². The van der Waals surface area contributed by atoms with Gasteiger partial charge in [-0.1, -0.05) is 6.92 Å². The van der Waals surface area contributed by atoms with Crippen molar-refractivity contribution in [3.8, 4) is 0 Å². The second-order valence-electron chi connectivity index (χ2n) is 7.73. The van der Waals surface area contributed by atoms with E-state index >= 15 is 0 Å². The molecule has 0 aromatic heterocycles. The molecule has 32 heavy (non-hydrogen) atoms. The highest BCUT2D eigenvalue weighted by atomic mass is 32.2. The van der Waals surface area contributed by atoms with Crippen LogP contribution in [0.4, 0.5) is 0 Å². The average Bonchev–Trinajstić information content (AvgIpc) is 3.14. The SMILES string of the molecule is CC(=O)CCSC1CC(=O)N(CCOCCOCCOCCN2C(=O)CC(C)C2=O)C1=O. The van der Waals surface area contributed by atoms with Gasteiger partial charge in [0.25, 0.3) is 0 Å². The summed E-state index contributed by atoms with van der Waals surface area (Å²) in [4.78, 5) is 61.2. The first-order chi connectivity index (χ1) is 15.3. The predicted octanol–water partition coefficient (Wildman–Crippen LogP) is 0.271. The van der Waals surface area contributed by atoms with Crippen LogP contribution in [0.5, 0.6) is 0 Å². The summed E-state index contributed by atoms with van der Waals surface area (Å²) in [6.07, 6.45) is 0.834. The Labute approximate surface area is 192 Å². The zero-order valence-electron chi connectivity index (χ0n) is 18.7. The van der Waals surface area contributed by atoms with Crippen molar-refractivity contribution in [3.05, 3.63) is 0 Å². The van der Waals surface area contributed by atoms with Crippen LogP contribution < -0.4 is 0 Å². The fourth-order valence-corrected chi connectivity index (χ4v) is 4.52. The van der Waals surface area contributed by atoms with E-state index in [0.717, 1.165) is 0 Å². The van der Waals surface area contributed by atoms with Crippen LogP contribution in [0.3, 0.4) is 0 Å². The molecule has 2 unspecified atom stereocenters. The molecule has 4 amide bonds. The van der Waals surface area contributed by atoms with Crippen LogP contribution in [-0.2, 0) is 38.2 Å². The lowest BCUT2D eigenvalue weighted by Gasteiger charge is -2.15. The number of hydrogen-bond acceptors (Lipinski definition) is 9. The highest BCUT2D eigenvalue weighted by Gasteiger charge is 2.38. The highest BCUT2D eigenvalue weighted by Crippen LogP contribution is 2.25. The summed E-state index contributed by atoms with van der Waals surface area (Å²) < 4.78 is 16.2. The van der Waals surface area contributed by atoms with Gasteiger partial charge in [-0.3, -0.25) is 33.8 Å². The third kappa shape index (κ3) is 8.27. The molecule has 10 nitrogen and oxygen atoms in total. The number of carbonyl (C=O) groups excluding carboxylic acids is 5. The standard InChI is InChI=1S/C21H32N2O8S/c1-15-13-18(25)22(20(15)27)4-6-29-8-10-31-11-9-30-7-5-23-19(26)14-17(21(23)28)32-12-3-16(2)24/h15,17H,3-14H2,1-2H3. The summed E-state index contributed by atoms with van der Waals surface area (Å²) in [5.41, 5.74) is 0. The number of carbonyl (C=O) groups is 5. The molecule has 11 heteroatoms. The molecule has 0 saturated carbocycles. The third-order valence-corrected chi connectivity index (χ3v) is 6.32. The molecule has 0 aromatic rings. The Hall–Kier alpha value is -1.82. The second kappa shape index (κ2) is 13.7. The van der Waals surface area contributed by atoms with Crippen LogP contribution in [0, 0.1) is 5.92 Å². The number of ketones is 1. The van der Waals surface area contributed by atoms with Gasteiger partial charge in [0.15, 0.2) is 0 Å². The Morgan fingerprint density at radius 1 is 0.844 bits per heavy atom. The number of likely N-dealkylation sites (tertiary alicyclic amines) is 2. The van der Waals surface area contributed by atoms with Crippen LogP contribution >= 0.6 is 11.8 Å². The Bertz CT molecular complexity index is 701. The molecule has 2 aliphatic heterocycles. The van der Waals surface area contributed by atoms with E-state index in [4.69, 9.17) is 14.2 Å². The van der Waals surface area contributed by atoms with Crippen LogP contribution in [0.2, 0.25) is 0 Å². The maximum Gasteiger partial charge on any atom is 0.242 e. The summed E-state index contributed by atoms with van der Waals surface area (Å²) in [7, 11) is 0. The molecule has 2 atom stereocenters. The van der Waals surface area contributed by atoms with Crippen molar-refractivity contribution in [3.63, 3.8) is 0 Å². The maximum absolute atomic E-state index is 12.3. The first kappa shape index (κ1) is 26.4. The van der Waals surface area contributed by atoms with Crippen molar-refractivity contribution >= 4 is 41.2 Å². The number of amides is 4. The van der Waals surface area contributed by atoms with Crippen molar-refractivity contribution in [2.45, 2.75) is 38.4 Å². The molecule has 0 N–H and O–H groups in total. The van der Waals surface area contributed by atoms with E-state index < -0.39 is 5.25 Å². The minimum atomic E-state index is -0.407. The monoisotopic (exact) mass is 472 g/mol. The summed E-state index contributed by atoms with van der Waals surface area (Å²) in [6.45, 7) is 5.57. The van der Waals surface area contributed by atoms with Gasteiger partial charge in [-0.15, -0.1) is 11.8 Å². The first-order valence-electron chi connectivity index (χ1n) is 10.8. The molecule has 0 bridgehead atoms. The van der Waals surface area contributed by atoms with E-state index in [1.807, 2.05) is 0 Å².